The molecule has 0 radical (unpaired) electrons. The molecule has 2 aromatic rings. The van der Waals surface area contributed by atoms with E-state index in [2.05, 4.69) is 4.98 Å². The van der Waals surface area contributed by atoms with E-state index in [9.17, 15) is 4.79 Å². The van der Waals surface area contributed by atoms with E-state index in [0.717, 1.165) is 17.7 Å². The summed E-state index contributed by atoms with van der Waals surface area (Å²) in [6.45, 7) is 0.731. The van der Waals surface area contributed by atoms with Gasteiger partial charge in [-0.25, -0.2) is 9.55 Å². The van der Waals surface area contributed by atoms with Crippen molar-refractivity contribution in [3.05, 3.63) is 49.1 Å². The molecule has 0 unspecified atom stereocenters. The summed E-state index contributed by atoms with van der Waals surface area (Å²) < 4.78 is 2.00. The number of aliphatic carboxylic acids is 1. The molecule has 2 rings (SSSR count). The van der Waals surface area contributed by atoms with Gasteiger partial charge in [-0.05, 0) is 11.1 Å². The lowest BCUT2D eigenvalue weighted by atomic mass is 10.1. The fraction of sp³-hybridized carbons (Fsp3) is 0.214. The van der Waals surface area contributed by atoms with Crippen molar-refractivity contribution in [2.24, 2.45) is 0 Å². The molecule has 0 spiro atoms. The van der Waals surface area contributed by atoms with Crippen molar-refractivity contribution in [1.82, 2.24) is 0 Å². The fourth-order valence-electron chi connectivity index (χ4n) is 1.79. The number of hydrogen-bond donors (Lipinski definition) is 1. The lowest BCUT2D eigenvalue weighted by Gasteiger charge is -1.99. The summed E-state index contributed by atoms with van der Waals surface area (Å²) in [5.74, 6) is -0.743. The van der Waals surface area contributed by atoms with Gasteiger partial charge in [-0.2, -0.15) is 0 Å². The number of rotatable bonds is 5. The van der Waals surface area contributed by atoms with Gasteiger partial charge in [0.1, 0.15) is 6.54 Å². The van der Waals surface area contributed by atoms with Crippen LogP contribution in [-0.2, 0) is 11.3 Å². The third-order valence-corrected chi connectivity index (χ3v) is 2.75. The number of pyridine rings is 2. The van der Waals surface area contributed by atoms with Crippen LogP contribution in [0.1, 0.15) is 12.8 Å². The number of carboxylic acid groups (broad SMARTS) is 1. The van der Waals surface area contributed by atoms with E-state index in [4.69, 9.17) is 5.11 Å². The van der Waals surface area contributed by atoms with Gasteiger partial charge in [0.2, 0.25) is 0 Å². The van der Waals surface area contributed by atoms with Gasteiger partial charge in [0.15, 0.2) is 24.8 Å². The van der Waals surface area contributed by atoms with Crippen LogP contribution in [0.5, 0.6) is 0 Å². The molecule has 0 bridgehead atoms. The van der Waals surface area contributed by atoms with E-state index in [-0.39, 0.29) is 40.4 Å². The highest BCUT2D eigenvalue weighted by molar-refractivity contribution is 5.66. The Morgan fingerprint density at radius 2 is 1.60 bits per heavy atom. The molecule has 2 heterocycles. The first-order valence-electron chi connectivity index (χ1n) is 5.93. The lowest BCUT2D eigenvalue weighted by Crippen LogP contribution is -3.00. The molecule has 2 aromatic heterocycles. The number of H-pyrrole nitrogens is 1. The van der Waals surface area contributed by atoms with Crippen LogP contribution in [0.25, 0.3) is 11.1 Å². The Hall–Kier alpha value is -1.27. The van der Waals surface area contributed by atoms with Crippen LogP contribution in [0.2, 0.25) is 0 Å². The minimum atomic E-state index is -0.743. The summed E-state index contributed by atoms with van der Waals surface area (Å²) in [4.78, 5) is 13.4. The van der Waals surface area contributed by atoms with Crippen LogP contribution in [0.4, 0.5) is 0 Å². The van der Waals surface area contributed by atoms with E-state index in [1.54, 1.807) is 0 Å². The molecule has 108 valence electrons. The topological polar surface area (TPSA) is 55.3 Å². The van der Waals surface area contributed by atoms with Gasteiger partial charge in [-0.15, -0.1) is 0 Å². The van der Waals surface area contributed by atoms with E-state index in [1.165, 1.54) is 0 Å². The smallest absolute Gasteiger partial charge is 0.303 e. The zero-order chi connectivity index (χ0) is 12.8. The van der Waals surface area contributed by atoms with Crippen LogP contribution < -0.4 is 43.5 Å². The standard InChI is InChI=1S/C14H14N2O2.2BrH/c17-14(18)2-1-9-16-10-5-13(6-11-16)12-3-7-15-8-4-12;;/h3-8,10-11H,1-2,9H2;2*1H. The molecule has 4 nitrogen and oxygen atoms in total. The highest BCUT2D eigenvalue weighted by atomic mass is 79.9. The second-order valence-corrected chi connectivity index (χ2v) is 4.11. The predicted molar refractivity (Wildman–Crippen MR) is 65.5 cm³/mol. The lowest BCUT2D eigenvalue weighted by molar-refractivity contribution is -0.697. The van der Waals surface area contributed by atoms with E-state index in [0.29, 0.717) is 6.42 Å². The number of nitrogens with zero attached hydrogens (tertiary/aromatic N) is 1. The van der Waals surface area contributed by atoms with E-state index < -0.39 is 5.97 Å². The summed E-state index contributed by atoms with van der Waals surface area (Å²) >= 11 is 0. The van der Waals surface area contributed by atoms with Gasteiger partial charge >= 0.3 is 5.97 Å². The number of carboxylic acids is 1. The first kappa shape index (κ1) is 18.7. The van der Waals surface area contributed by atoms with Crippen LogP contribution in [0.15, 0.2) is 49.1 Å². The molecule has 0 aliphatic heterocycles. The SMILES string of the molecule is O=C(O)CCC[n+]1ccc(-c2cc[nH+]cc2)cc1.[Br-].[Br-]. The first-order chi connectivity index (χ1) is 8.75. The summed E-state index contributed by atoms with van der Waals surface area (Å²) in [5, 5.41) is 8.57. The minimum Gasteiger partial charge on any atom is -1.00 e. The maximum Gasteiger partial charge on any atom is 0.303 e. The van der Waals surface area contributed by atoms with Crippen LogP contribution in [-0.4, -0.2) is 11.1 Å². The molecule has 0 aliphatic rings. The number of aromatic amines is 1. The summed E-state index contributed by atoms with van der Waals surface area (Å²) in [6.07, 6.45) is 8.61. The molecule has 0 saturated carbocycles. The number of halogens is 2. The Morgan fingerprint density at radius 1 is 1.05 bits per heavy atom. The highest BCUT2D eigenvalue weighted by Crippen LogP contribution is 2.14. The average Bonchev–Trinajstić information content (AvgIpc) is 2.40. The Kier molecular flexibility index (Phi) is 9.00. The quantitative estimate of drug-likeness (QED) is 0.510. The molecular formula is C14H16Br2N2O2. The second-order valence-electron chi connectivity index (χ2n) is 4.11. The predicted octanol–water partition coefficient (Wildman–Crippen LogP) is -4.67. The normalized spacial score (nSPS) is 9.20. The number of aromatic nitrogens is 2. The maximum absolute atomic E-state index is 10.4. The molecule has 0 saturated heterocycles. The van der Waals surface area contributed by atoms with Crippen molar-refractivity contribution in [2.45, 2.75) is 19.4 Å². The highest BCUT2D eigenvalue weighted by Gasteiger charge is 2.04. The Balaban J connectivity index is 0.00000180. The number of aryl methyl sites for hydroxylation is 1. The molecule has 6 heteroatoms. The van der Waals surface area contributed by atoms with Crippen molar-refractivity contribution < 1.29 is 53.4 Å². The molecule has 0 atom stereocenters. The Bertz CT molecular complexity index is 518. The van der Waals surface area contributed by atoms with Crippen molar-refractivity contribution in [1.29, 1.82) is 0 Å². The zero-order valence-electron chi connectivity index (χ0n) is 10.8. The molecule has 0 fully saturated rings. The summed E-state index contributed by atoms with van der Waals surface area (Å²) in [6, 6.07) is 8.11. The van der Waals surface area contributed by atoms with E-state index >= 15 is 0 Å². The van der Waals surface area contributed by atoms with Gasteiger partial charge in [0.05, 0.1) is 6.42 Å². The average molecular weight is 404 g/mol. The van der Waals surface area contributed by atoms with Crippen molar-refractivity contribution in [3.63, 3.8) is 0 Å². The second kappa shape index (κ2) is 9.61. The molecule has 0 amide bonds. The molecule has 0 aliphatic carbocycles. The molecule has 2 N–H and O–H groups in total. The van der Waals surface area contributed by atoms with Gasteiger partial charge in [0, 0.05) is 30.7 Å². The Labute approximate surface area is 139 Å². The van der Waals surface area contributed by atoms with Gasteiger partial charge in [-0.3, -0.25) is 4.79 Å². The van der Waals surface area contributed by atoms with Crippen molar-refractivity contribution in [3.8, 4) is 11.1 Å². The minimum absolute atomic E-state index is 0. The third-order valence-electron chi connectivity index (χ3n) is 2.75. The van der Waals surface area contributed by atoms with Crippen LogP contribution in [0, 0.1) is 0 Å². The Morgan fingerprint density at radius 3 is 2.15 bits per heavy atom. The summed E-state index contributed by atoms with van der Waals surface area (Å²) in [5.41, 5.74) is 2.31. The van der Waals surface area contributed by atoms with Gasteiger partial charge < -0.3 is 39.1 Å². The maximum atomic E-state index is 10.4. The van der Waals surface area contributed by atoms with Crippen molar-refractivity contribution >= 4 is 5.97 Å². The zero-order valence-corrected chi connectivity index (χ0v) is 14.0. The largest absolute Gasteiger partial charge is 1.00 e. The van der Waals surface area contributed by atoms with Crippen LogP contribution in [0.3, 0.4) is 0 Å². The number of nitrogens with one attached hydrogen (secondary N) is 1. The number of carbonyl (C=O) groups is 1. The molecular weight excluding hydrogens is 388 g/mol. The van der Waals surface area contributed by atoms with E-state index in [1.807, 2.05) is 53.6 Å². The third kappa shape index (κ3) is 5.79. The molecule has 20 heavy (non-hydrogen) atoms. The van der Waals surface area contributed by atoms with Crippen molar-refractivity contribution in [2.75, 3.05) is 0 Å². The van der Waals surface area contributed by atoms with Gasteiger partial charge in [0.25, 0.3) is 0 Å². The fourth-order valence-corrected chi connectivity index (χ4v) is 1.79. The van der Waals surface area contributed by atoms with Crippen LogP contribution >= 0.6 is 0 Å². The first-order valence-corrected chi connectivity index (χ1v) is 5.93. The summed E-state index contributed by atoms with van der Waals surface area (Å²) in [7, 11) is 0. The molecule has 0 aromatic carbocycles. The monoisotopic (exact) mass is 402 g/mol. The number of hydrogen-bond acceptors (Lipinski definition) is 1. The van der Waals surface area contributed by atoms with Gasteiger partial charge in [-0.1, -0.05) is 0 Å².